The van der Waals surface area contributed by atoms with Gasteiger partial charge in [-0.05, 0) is 69.9 Å². The number of imide groups is 1. The van der Waals surface area contributed by atoms with Crippen molar-refractivity contribution in [2.75, 3.05) is 31.1 Å². The van der Waals surface area contributed by atoms with Crippen LogP contribution in [0.3, 0.4) is 0 Å². The smallest absolute Gasteiger partial charge is 0.253 e. The maximum absolute atomic E-state index is 12.4. The van der Waals surface area contributed by atoms with Crippen molar-refractivity contribution in [3.05, 3.63) is 102 Å². The van der Waals surface area contributed by atoms with Crippen LogP contribution in [-0.2, 0) is 35.3 Å². The lowest BCUT2D eigenvalue weighted by molar-refractivity contribution is -0.438. The molecule has 3 heterocycles. The second-order valence-electron chi connectivity index (χ2n) is 14.2. The topological polar surface area (TPSA) is 130 Å². The number of nitrogens with zero attached hydrogens (tertiary/aromatic N) is 3. The number of hydrogen-bond acceptors (Lipinski definition) is 7. The number of anilines is 1. The van der Waals surface area contributed by atoms with Gasteiger partial charge in [0.15, 0.2) is 5.71 Å². The molecule has 0 fully saturated rings. The summed E-state index contributed by atoms with van der Waals surface area (Å²) in [7, 11) is -4.56. The maximum atomic E-state index is 12.4. The van der Waals surface area contributed by atoms with E-state index in [-0.39, 0.29) is 28.0 Å². The summed E-state index contributed by atoms with van der Waals surface area (Å²) in [5, 5.41) is 2.89. The van der Waals surface area contributed by atoms with Gasteiger partial charge in [0.2, 0.25) is 11.6 Å². The number of benzene rings is 2. The molecule has 0 bridgehead atoms. The number of rotatable bonds is 15. The first-order valence-electron chi connectivity index (χ1n) is 17.7. The van der Waals surface area contributed by atoms with Crippen molar-refractivity contribution < 1.29 is 31.9 Å². The van der Waals surface area contributed by atoms with E-state index in [2.05, 4.69) is 71.1 Å². The molecule has 0 spiro atoms. The molecule has 2 aromatic carbocycles. The number of likely N-dealkylation sites (N-methyl/N-ethyl adjacent to an activating group) is 1. The Kier molecular flexibility index (Phi) is 11.3. The van der Waals surface area contributed by atoms with Crippen molar-refractivity contribution >= 4 is 44.9 Å². The van der Waals surface area contributed by atoms with Gasteiger partial charge in [0.1, 0.15) is 16.7 Å². The number of hydrogen-bond donors (Lipinski definition) is 1. The lowest BCUT2D eigenvalue weighted by Crippen LogP contribution is -2.33. The van der Waals surface area contributed by atoms with Crippen LogP contribution in [0.4, 0.5) is 11.4 Å². The predicted octanol–water partition coefficient (Wildman–Crippen LogP) is 5.77. The van der Waals surface area contributed by atoms with Crippen molar-refractivity contribution in [1.82, 2.24) is 10.2 Å². The van der Waals surface area contributed by atoms with Crippen LogP contribution in [0.25, 0.3) is 0 Å². The number of unbranched alkanes of at least 4 members (excludes halogenated alkanes) is 2. The van der Waals surface area contributed by atoms with Gasteiger partial charge in [0, 0.05) is 79.1 Å². The van der Waals surface area contributed by atoms with Gasteiger partial charge in [-0.2, -0.15) is 4.58 Å². The largest absolute Gasteiger partial charge is 0.744 e. The van der Waals surface area contributed by atoms with Crippen LogP contribution in [0.1, 0.15) is 77.8 Å². The van der Waals surface area contributed by atoms with E-state index in [1.165, 1.54) is 46.1 Å². The third kappa shape index (κ3) is 7.99. The molecule has 1 N–H and O–H groups in total. The first-order chi connectivity index (χ1) is 24.2. The molecule has 270 valence electrons. The van der Waals surface area contributed by atoms with Crippen LogP contribution >= 0.6 is 0 Å². The van der Waals surface area contributed by atoms with Gasteiger partial charge in [-0.25, -0.2) is 8.42 Å². The van der Waals surface area contributed by atoms with Crippen LogP contribution in [0.15, 0.2) is 95.6 Å². The number of nitrogens with one attached hydrogen (secondary N) is 1. The normalized spacial score (nSPS) is 18.6. The van der Waals surface area contributed by atoms with Crippen molar-refractivity contribution in [1.29, 1.82) is 0 Å². The summed E-state index contributed by atoms with van der Waals surface area (Å²) < 4.78 is 37.6. The molecule has 10 nitrogen and oxygen atoms in total. The minimum Gasteiger partial charge on any atom is -0.744 e. The Hall–Kier alpha value is -4.61. The van der Waals surface area contributed by atoms with Crippen LogP contribution in [0.5, 0.6) is 0 Å². The summed E-state index contributed by atoms with van der Waals surface area (Å²) in [6.07, 6.45) is 16.3. The molecule has 0 saturated carbocycles. The highest BCUT2D eigenvalue weighted by atomic mass is 32.2. The summed E-state index contributed by atoms with van der Waals surface area (Å²) in [6.45, 7) is 12.8. The molecular formula is C40H48N4O6S. The van der Waals surface area contributed by atoms with Crippen LogP contribution in [0, 0.1) is 0 Å². The van der Waals surface area contributed by atoms with Gasteiger partial charge in [-0.1, -0.05) is 50.3 Å². The predicted molar refractivity (Wildman–Crippen MR) is 198 cm³/mol. The van der Waals surface area contributed by atoms with Crippen LogP contribution < -0.4 is 10.2 Å². The summed E-state index contributed by atoms with van der Waals surface area (Å²) in [4.78, 5) is 38.8. The highest BCUT2D eigenvalue weighted by Gasteiger charge is 2.44. The number of carbonyl (C=O) groups is 3. The molecule has 51 heavy (non-hydrogen) atoms. The van der Waals surface area contributed by atoms with E-state index < -0.39 is 15.5 Å². The zero-order chi connectivity index (χ0) is 37.0. The Morgan fingerprint density at radius 1 is 0.882 bits per heavy atom. The molecule has 0 saturated heterocycles. The fraction of sp³-hybridized carbons (Fsp3) is 0.400. The number of amides is 3. The third-order valence-electron chi connectivity index (χ3n) is 10.1. The van der Waals surface area contributed by atoms with Crippen molar-refractivity contribution in [3.63, 3.8) is 0 Å². The number of allylic oxidation sites excluding steroid dienone is 6. The molecule has 3 amide bonds. The van der Waals surface area contributed by atoms with Gasteiger partial charge < -0.3 is 14.8 Å². The first kappa shape index (κ1) is 37.6. The molecule has 3 aliphatic heterocycles. The number of para-hydroxylation sites is 1. The highest BCUT2D eigenvalue weighted by Crippen LogP contribution is 2.48. The van der Waals surface area contributed by atoms with Crippen molar-refractivity contribution in [2.24, 2.45) is 0 Å². The molecule has 0 aromatic heterocycles. The van der Waals surface area contributed by atoms with Crippen molar-refractivity contribution in [3.8, 4) is 0 Å². The second kappa shape index (κ2) is 15.3. The number of carbonyl (C=O) groups excluding carboxylic acids is 3. The Morgan fingerprint density at radius 3 is 2.31 bits per heavy atom. The molecule has 3 aliphatic rings. The molecule has 2 aromatic rings. The third-order valence-corrected chi connectivity index (χ3v) is 10.9. The molecule has 0 aliphatic carbocycles. The molecule has 5 rings (SSSR count). The molecule has 11 heteroatoms. The zero-order valence-electron chi connectivity index (χ0n) is 30.1. The van der Waals surface area contributed by atoms with Gasteiger partial charge in [-0.3, -0.25) is 19.3 Å². The van der Waals surface area contributed by atoms with Crippen LogP contribution in [0.2, 0.25) is 0 Å². The minimum atomic E-state index is -4.56. The monoisotopic (exact) mass is 712 g/mol. The van der Waals surface area contributed by atoms with E-state index >= 15 is 0 Å². The van der Waals surface area contributed by atoms with E-state index in [9.17, 15) is 27.4 Å². The van der Waals surface area contributed by atoms with E-state index in [0.717, 1.165) is 42.8 Å². The maximum Gasteiger partial charge on any atom is 0.253 e. The Labute approximate surface area is 301 Å². The SMILES string of the molecule is CCN1/C(=C/C=C/C=C/C2=[N+](CCCCCC(=O)NCCCN3C(=O)C=CC3=O)c3ccccc3C2(C)C)C(C)(C)c2cc(S(=O)(=O)[O-])ccc21. The Balaban J connectivity index is 1.20. The Morgan fingerprint density at radius 2 is 1.61 bits per heavy atom. The van der Waals surface area contributed by atoms with Gasteiger partial charge in [0.25, 0.3) is 11.8 Å². The van der Waals surface area contributed by atoms with Crippen LogP contribution in [-0.4, -0.2) is 72.1 Å². The average Bonchev–Trinajstić information content (AvgIpc) is 3.60. The lowest BCUT2D eigenvalue weighted by atomic mass is 9.81. The minimum absolute atomic E-state index is 0.0242. The average molecular weight is 713 g/mol. The standard InChI is InChI=1S/C40H48N4O6S/c1-6-42-33-22-21-29(51(48,49)50)28-31(33)40(4,5)34(42)18-9-7-10-19-35-39(2,3)30-16-12-13-17-32(30)43(35)26-14-8-11-20-36(45)41-25-15-27-44-37(46)23-24-38(44)47/h7,9-10,12-13,16-19,21-24,28H,6,8,11,14-15,20,25-27H2,1-5H3,(H-,41,45,48,49,50). The summed E-state index contributed by atoms with van der Waals surface area (Å²) in [6, 6.07) is 13.1. The molecule has 0 unspecified atom stereocenters. The zero-order valence-corrected chi connectivity index (χ0v) is 31.0. The van der Waals surface area contributed by atoms with E-state index in [4.69, 9.17) is 0 Å². The Bertz CT molecular complexity index is 1950. The molecule has 0 atom stereocenters. The van der Waals surface area contributed by atoms with E-state index in [1.54, 1.807) is 6.07 Å². The van der Waals surface area contributed by atoms with Gasteiger partial charge in [-0.15, -0.1) is 0 Å². The highest BCUT2D eigenvalue weighted by molar-refractivity contribution is 7.85. The summed E-state index contributed by atoms with van der Waals surface area (Å²) >= 11 is 0. The second-order valence-corrected chi connectivity index (χ2v) is 15.5. The molecule has 0 radical (unpaired) electrons. The molecular weight excluding hydrogens is 665 g/mol. The summed E-state index contributed by atoms with van der Waals surface area (Å²) in [5.41, 5.74) is 5.71. The van der Waals surface area contributed by atoms with E-state index in [0.29, 0.717) is 32.5 Å². The quantitative estimate of drug-likeness (QED) is 0.0816. The van der Waals surface area contributed by atoms with E-state index in [1.807, 2.05) is 32.9 Å². The van der Waals surface area contributed by atoms with Gasteiger partial charge in [0.05, 0.1) is 10.3 Å². The van der Waals surface area contributed by atoms with Crippen molar-refractivity contribution in [2.45, 2.75) is 82.4 Å². The lowest BCUT2D eigenvalue weighted by Gasteiger charge is -2.25. The fourth-order valence-electron chi connectivity index (χ4n) is 7.33. The summed E-state index contributed by atoms with van der Waals surface area (Å²) in [5.74, 6) is -0.635. The first-order valence-corrected chi connectivity index (χ1v) is 19.1. The number of fused-ring (bicyclic) bond motifs is 2. The van der Waals surface area contributed by atoms with Gasteiger partial charge >= 0.3 is 0 Å². The fourth-order valence-corrected chi connectivity index (χ4v) is 7.82.